The van der Waals surface area contributed by atoms with Gasteiger partial charge in [-0.05, 0) is 50.9 Å². The van der Waals surface area contributed by atoms with Crippen molar-refractivity contribution < 1.29 is 34.1 Å². The zero-order valence-corrected chi connectivity index (χ0v) is 23.7. The van der Waals surface area contributed by atoms with Crippen LogP contribution in [0.15, 0.2) is 0 Å². The minimum absolute atomic E-state index is 0.0876. The maximum Gasteiger partial charge on any atom is 0.408 e. The summed E-state index contributed by atoms with van der Waals surface area (Å²) >= 11 is 0. The van der Waals surface area contributed by atoms with Crippen LogP contribution >= 0.6 is 0 Å². The number of aliphatic carboxylic acids is 1. The molecule has 0 aliphatic carbocycles. The van der Waals surface area contributed by atoms with Crippen LogP contribution in [0.5, 0.6) is 0 Å². The van der Waals surface area contributed by atoms with Crippen LogP contribution in [0.1, 0.15) is 94.9 Å². The first-order chi connectivity index (χ1) is 16.3. The SMILES string of the molecule is CC[C@H](C)[C@H](NC(=O)[C@H](CC(C)(C)C)NC(=O)OC(C)(C)C)C(=O)N[C@@H](CC(C)C)[C@@H](O)CC(=O)O. The fraction of sp³-hybridized carbons (Fsp3) is 0.846. The van der Waals surface area contributed by atoms with Gasteiger partial charge in [-0.1, -0.05) is 54.9 Å². The Kier molecular flexibility index (Phi) is 13.5. The molecule has 0 fully saturated rings. The monoisotopic (exact) mass is 515 g/mol. The first-order valence-corrected chi connectivity index (χ1v) is 12.8. The van der Waals surface area contributed by atoms with Crippen molar-refractivity contribution in [2.24, 2.45) is 17.3 Å². The van der Waals surface area contributed by atoms with Gasteiger partial charge in [-0.3, -0.25) is 14.4 Å². The molecular weight excluding hydrogens is 466 g/mol. The third-order valence-corrected chi connectivity index (χ3v) is 5.52. The van der Waals surface area contributed by atoms with Gasteiger partial charge in [0.15, 0.2) is 0 Å². The molecule has 36 heavy (non-hydrogen) atoms. The van der Waals surface area contributed by atoms with E-state index in [1.165, 1.54) is 0 Å². The van der Waals surface area contributed by atoms with Crippen LogP contribution in [0.3, 0.4) is 0 Å². The molecule has 0 aliphatic heterocycles. The van der Waals surface area contributed by atoms with Crippen molar-refractivity contribution in [1.29, 1.82) is 0 Å². The fourth-order valence-corrected chi connectivity index (χ4v) is 3.64. The number of hydrogen-bond acceptors (Lipinski definition) is 6. The molecule has 0 bridgehead atoms. The fourth-order valence-electron chi connectivity index (χ4n) is 3.64. The predicted molar refractivity (Wildman–Crippen MR) is 138 cm³/mol. The smallest absolute Gasteiger partial charge is 0.408 e. The molecule has 3 amide bonds. The molecule has 0 aliphatic rings. The molecular formula is C26H49N3O7. The number of amides is 3. The number of carboxylic acid groups (broad SMARTS) is 1. The van der Waals surface area contributed by atoms with Gasteiger partial charge < -0.3 is 30.9 Å². The van der Waals surface area contributed by atoms with Gasteiger partial charge in [0.25, 0.3) is 0 Å². The highest BCUT2D eigenvalue weighted by atomic mass is 16.6. The lowest BCUT2D eigenvalue weighted by Crippen LogP contribution is -2.58. The molecule has 0 aromatic rings. The van der Waals surface area contributed by atoms with Crippen molar-refractivity contribution in [3.8, 4) is 0 Å². The van der Waals surface area contributed by atoms with Gasteiger partial charge in [0, 0.05) is 0 Å². The van der Waals surface area contributed by atoms with E-state index in [0.29, 0.717) is 19.3 Å². The number of nitrogens with one attached hydrogen (secondary N) is 3. The number of rotatable bonds is 13. The summed E-state index contributed by atoms with van der Waals surface area (Å²) in [6.45, 7) is 18.5. The Morgan fingerprint density at radius 2 is 1.44 bits per heavy atom. The standard InChI is InChI=1S/C26H49N3O7/c1-11-16(4)21(23(34)27-17(12-15(2)3)19(30)13-20(31)32)29-22(33)18(14-25(5,6)7)28-24(35)36-26(8,9)10/h15-19,21,30H,11-14H2,1-10H3,(H,27,34)(H,28,35)(H,29,33)(H,31,32)/t16-,17-,18-,19-,21-/m0/s1. The summed E-state index contributed by atoms with van der Waals surface area (Å²) in [6, 6.07) is -2.68. The van der Waals surface area contributed by atoms with Crippen molar-refractivity contribution in [2.45, 2.75) is 125 Å². The van der Waals surface area contributed by atoms with Gasteiger partial charge in [-0.15, -0.1) is 0 Å². The van der Waals surface area contributed by atoms with Crippen LogP contribution in [0.25, 0.3) is 0 Å². The second kappa shape index (κ2) is 14.4. The molecule has 5 atom stereocenters. The summed E-state index contributed by atoms with van der Waals surface area (Å²) in [4.78, 5) is 50.1. The Balaban J connectivity index is 5.80. The van der Waals surface area contributed by atoms with E-state index in [4.69, 9.17) is 9.84 Å². The lowest BCUT2D eigenvalue weighted by Gasteiger charge is -2.32. The summed E-state index contributed by atoms with van der Waals surface area (Å²) < 4.78 is 5.32. The normalized spacial score (nSPS) is 16.3. The minimum atomic E-state index is -1.27. The maximum absolute atomic E-state index is 13.3. The van der Waals surface area contributed by atoms with Gasteiger partial charge in [0.1, 0.15) is 17.7 Å². The van der Waals surface area contributed by atoms with Gasteiger partial charge in [0.05, 0.1) is 18.6 Å². The van der Waals surface area contributed by atoms with Crippen molar-refractivity contribution in [3.63, 3.8) is 0 Å². The number of carboxylic acids is 1. The third kappa shape index (κ3) is 14.3. The lowest BCUT2D eigenvalue weighted by molar-refractivity contribution is -0.140. The highest BCUT2D eigenvalue weighted by Crippen LogP contribution is 2.22. The number of alkyl carbamates (subject to hydrolysis) is 1. The van der Waals surface area contributed by atoms with Crippen LogP contribution in [-0.4, -0.2) is 63.9 Å². The lowest BCUT2D eigenvalue weighted by atomic mass is 9.87. The largest absolute Gasteiger partial charge is 0.481 e. The summed E-state index contributed by atoms with van der Waals surface area (Å²) in [5.74, 6) is -2.38. The summed E-state index contributed by atoms with van der Waals surface area (Å²) in [7, 11) is 0. The van der Waals surface area contributed by atoms with E-state index in [9.17, 15) is 24.3 Å². The zero-order chi connectivity index (χ0) is 28.4. The van der Waals surface area contributed by atoms with Crippen LogP contribution in [-0.2, 0) is 19.1 Å². The highest BCUT2D eigenvalue weighted by molar-refractivity contribution is 5.91. The first kappa shape index (κ1) is 33.6. The number of ether oxygens (including phenoxy) is 1. The van der Waals surface area contributed by atoms with E-state index in [0.717, 1.165) is 0 Å². The van der Waals surface area contributed by atoms with E-state index in [1.807, 2.05) is 48.5 Å². The number of carbonyl (C=O) groups excluding carboxylic acids is 3. The van der Waals surface area contributed by atoms with Crippen LogP contribution < -0.4 is 16.0 Å². The Bertz CT molecular complexity index is 741. The number of aliphatic hydroxyl groups excluding tert-OH is 1. The molecule has 0 saturated heterocycles. The molecule has 0 heterocycles. The van der Waals surface area contributed by atoms with E-state index in [1.54, 1.807) is 20.8 Å². The van der Waals surface area contributed by atoms with Crippen molar-refractivity contribution >= 4 is 23.9 Å². The van der Waals surface area contributed by atoms with Gasteiger partial charge in [0.2, 0.25) is 11.8 Å². The van der Waals surface area contributed by atoms with E-state index < -0.39 is 60.1 Å². The summed E-state index contributed by atoms with van der Waals surface area (Å²) in [5, 5.41) is 27.6. The molecule has 0 aromatic carbocycles. The molecule has 0 saturated carbocycles. The maximum atomic E-state index is 13.3. The van der Waals surface area contributed by atoms with Gasteiger partial charge in [-0.2, -0.15) is 0 Å². The minimum Gasteiger partial charge on any atom is -0.481 e. The van der Waals surface area contributed by atoms with E-state index >= 15 is 0 Å². The Morgan fingerprint density at radius 1 is 0.889 bits per heavy atom. The number of carbonyl (C=O) groups is 4. The molecule has 0 rings (SSSR count). The quantitative estimate of drug-likeness (QED) is 0.252. The average Bonchev–Trinajstić information content (AvgIpc) is 2.66. The predicted octanol–water partition coefficient (Wildman–Crippen LogP) is 3.21. The van der Waals surface area contributed by atoms with Gasteiger partial charge >= 0.3 is 12.1 Å². The molecule has 0 unspecified atom stereocenters. The van der Waals surface area contributed by atoms with E-state index in [2.05, 4.69) is 16.0 Å². The second-order valence-electron chi connectivity index (χ2n) is 12.2. The molecule has 0 spiro atoms. The average molecular weight is 516 g/mol. The summed E-state index contributed by atoms with van der Waals surface area (Å²) in [5.41, 5.74) is -1.05. The first-order valence-electron chi connectivity index (χ1n) is 12.8. The molecule has 0 aromatic heterocycles. The van der Waals surface area contributed by atoms with Crippen LogP contribution in [0.4, 0.5) is 4.79 Å². The molecule has 5 N–H and O–H groups in total. The topological polar surface area (TPSA) is 154 Å². The van der Waals surface area contributed by atoms with Crippen LogP contribution in [0, 0.1) is 17.3 Å². The molecule has 10 heteroatoms. The molecule has 10 nitrogen and oxygen atoms in total. The highest BCUT2D eigenvalue weighted by Gasteiger charge is 2.34. The van der Waals surface area contributed by atoms with Gasteiger partial charge in [-0.25, -0.2) is 4.79 Å². The Hall–Kier alpha value is -2.36. The zero-order valence-electron chi connectivity index (χ0n) is 23.7. The molecule has 0 radical (unpaired) electrons. The Morgan fingerprint density at radius 3 is 1.86 bits per heavy atom. The summed E-state index contributed by atoms with van der Waals surface area (Å²) in [6.07, 6.45) is -1.26. The Labute approximate surface area is 216 Å². The van der Waals surface area contributed by atoms with Crippen molar-refractivity contribution in [2.75, 3.05) is 0 Å². The van der Waals surface area contributed by atoms with Crippen molar-refractivity contribution in [3.05, 3.63) is 0 Å². The number of hydrogen-bond donors (Lipinski definition) is 5. The second-order valence-corrected chi connectivity index (χ2v) is 12.2. The number of aliphatic hydroxyl groups is 1. The van der Waals surface area contributed by atoms with Crippen molar-refractivity contribution in [1.82, 2.24) is 16.0 Å². The third-order valence-electron chi connectivity index (χ3n) is 5.52. The van der Waals surface area contributed by atoms with Crippen LogP contribution in [0.2, 0.25) is 0 Å². The molecule has 210 valence electrons. The van der Waals surface area contributed by atoms with E-state index in [-0.39, 0.29) is 17.3 Å².